The maximum absolute atomic E-state index is 9.15. The first-order valence-corrected chi connectivity index (χ1v) is 6.13. The minimum Gasteiger partial charge on any atom is -0.393 e. The van der Waals surface area contributed by atoms with Crippen LogP contribution >= 0.6 is 11.8 Å². The molecule has 0 spiro atoms. The minimum atomic E-state index is -0.207. The van der Waals surface area contributed by atoms with Crippen LogP contribution in [0.4, 0.5) is 0 Å². The summed E-state index contributed by atoms with van der Waals surface area (Å²) in [6.07, 6.45) is 0.627. The molecule has 2 N–H and O–H groups in total. The lowest BCUT2D eigenvalue weighted by Gasteiger charge is -2.01. The van der Waals surface area contributed by atoms with Gasteiger partial charge in [0.15, 0.2) is 0 Å². The standard InChI is InChI=1S/C12H15NOS/c1-9(14)6-7-15-12-8-10-4-2-3-5-11(10)13-12/h2-5,8-9,13-14H,6-7H2,1H3. The number of thioether (sulfide) groups is 1. The number of fused-ring (bicyclic) bond motifs is 1. The van der Waals surface area contributed by atoms with Gasteiger partial charge in [-0.25, -0.2) is 0 Å². The van der Waals surface area contributed by atoms with Gasteiger partial charge in [-0.3, -0.25) is 0 Å². The van der Waals surface area contributed by atoms with Gasteiger partial charge in [-0.15, -0.1) is 11.8 Å². The van der Waals surface area contributed by atoms with Crippen LogP contribution in [0, 0.1) is 0 Å². The van der Waals surface area contributed by atoms with Crippen molar-refractivity contribution in [1.29, 1.82) is 0 Å². The topological polar surface area (TPSA) is 36.0 Å². The number of rotatable bonds is 4. The number of hydrogen-bond acceptors (Lipinski definition) is 2. The third-order valence-corrected chi connectivity index (χ3v) is 3.27. The summed E-state index contributed by atoms with van der Waals surface area (Å²) in [5.41, 5.74) is 1.18. The molecule has 80 valence electrons. The van der Waals surface area contributed by atoms with Gasteiger partial charge in [-0.2, -0.15) is 0 Å². The van der Waals surface area contributed by atoms with Crippen molar-refractivity contribution in [3.63, 3.8) is 0 Å². The van der Waals surface area contributed by atoms with Crippen molar-refractivity contribution in [3.05, 3.63) is 30.3 Å². The predicted molar refractivity (Wildman–Crippen MR) is 65.3 cm³/mol. The first-order valence-electron chi connectivity index (χ1n) is 5.14. The van der Waals surface area contributed by atoms with Crippen LogP contribution in [0.3, 0.4) is 0 Å². The second-order valence-electron chi connectivity index (χ2n) is 3.71. The van der Waals surface area contributed by atoms with E-state index in [9.17, 15) is 0 Å². The second kappa shape index (κ2) is 4.73. The van der Waals surface area contributed by atoms with Gasteiger partial charge < -0.3 is 10.1 Å². The van der Waals surface area contributed by atoms with Crippen molar-refractivity contribution in [2.45, 2.75) is 24.5 Å². The van der Waals surface area contributed by atoms with Crippen molar-refractivity contribution < 1.29 is 5.11 Å². The predicted octanol–water partition coefficient (Wildman–Crippen LogP) is 3.03. The lowest BCUT2D eigenvalue weighted by Crippen LogP contribution is -2.00. The molecule has 3 heteroatoms. The summed E-state index contributed by atoms with van der Waals surface area (Å²) in [4.78, 5) is 3.35. The van der Waals surface area contributed by atoms with Crippen LogP contribution in [0.25, 0.3) is 10.9 Å². The fourth-order valence-electron chi connectivity index (χ4n) is 1.46. The third-order valence-electron chi connectivity index (χ3n) is 2.30. The molecule has 0 saturated carbocycles. The van der Waals surface area contributed by atoms with Crippen molar-refractivity contribution >= 4 is 22.7 Å². The van der Waals surface area contributed by atoms with Gasteiger partial charge in [0.2, 0.25) is 0 Å². The third kappa shape index (κ3) is 2.76. The zero-order valence-electron chi connectivity index (χ0n) is 8.73. The van der Waals surface area contributed by atoms with Crippen molar-refractivity contribution in [2.75, 3.05) is 5.75 Å². The smallest absolute Gasteiger partial charge is 0.0732 e. The van der Waals surface area contributed by atoms with E-state index < -0.39 is 0 Å². The summed E-state index contributed by atoms with van der Waals surface area (Å²) in [6, 6.07) is 10.4. The van der Waals surface area contributed by atoms with Crippen molar-refractivity contribution in [2.24, 2.45) is 0 Å². The monoisotopic (exact) mass is 221 g/mol. The Hall–Kier alpha value is -0.930. The maximum Gasteiger partial charge on any atom is 0.0732 e. The molecule has 1 aromatic heterocycles. The molecule has 0 radical (unpaired) electrons. The normalized spacial score (nSPS) is 13.2. The minimum absolute atomic E-state index is 0.207. The number of para-hydroxylation sites is 1. The average Bonchev–Trinajstić information content (AvgIpc) is 2.59. The van der Waals surface area contributed by atoms with Gasteiger partial charge in [0.25, 0.3) is 0 Å². The first kappa shape index (κ1) is 10.6. The van der Waals surface area contributed by atoms with Crippen LogP contribution in [0.5, 0.6) is 0 Å². The van der Waals surface area contributed by atoms with Gasteiger partial charge >= 0.3 is 0 Å². The van der Waals surface area contributed by atoms with E-state index in [2.05, 4.69) is 23.2 Å². The number of aromatic amines is 1. The van der Waals surface area contributed by atoms with E-state index in [1.165, 1.54) is 15.9 Å². The van der Waals surface area contributed by atoms with Crippen molar-refractivity contribution in [3.8, 4) is 0 Å². The molecule has 15 heavy (non-hydrogen) atoms. The zero-order valence-corrected chi connectivity index (χ0v) is 9.55. The largest absolute Gasteiger partial charge is 0.393 e. The number of benzene rings is 1. The van der Waals surface area contributed by atoms with Crippen LogP contribution in [0.1, 0.15) is 13.3 Å². The molecule has 0 aliphatic carbocycles. The molecule has 1 atom stereocenters. The summed E-state index contributed by atoms with van der Waals surface area (Å²) in [6.45, 7) is 1.83. The quantitative estimate of drug-likeness (QED) is 0.778. The van der Waals surface area contributed by atoms with Crippen LogP contribution < -0.4 is 0 Å². The maximum atomic E-state index is 9.15. The van der Waals surface area contributed by atoms with E-state index >= 15 is 0 Å². The highest BCUT2D eigenvalue weighted by molar-refractivity contribution is 7.99. The molecule has 0 saturated heterocycles. The molecule has 2 rings (SSSR count). The SMILES string of the molecule is CC(O)CCSc1cc2ccccc2[nH]1. The summed E-state index contributed by atoms with van der Waals surface area (Å²) in [5.74, 6) is 0.949. The van der Waals surface area contributed by atoms with Crippen molar-refractivity contribution in [1.82, 2.24) is 4.98 Å². The van der Waals surface area contributed by atoms with E-state index in [0.29, 0.717) is 0 Å². The van der Waals surface area contributed by atoms with Gasteiger partial charge in [-0.1, -0.05) is 18.2 Å². The Labute approximate surface area is 93.7 Å². The second-order valence-corrected chi connectivity index (χ2v) is 4.84. The molecule has 1 aromatic carbocycles. The Morgan fingerprint density at radius 3 is 2.93 bits per heavy atom. The Morgan fingerprint density at radius 1 is 1.40 bits per heavy atom. The Morgan fingerprint density at radius 2 is 2.20 bits per heavy atom. The fraction of sp³-hybridized carbons (Fsp3) is 0.333. The summed E-state index contributed by atoms with van der Waals surface area (Å²) in [5, 5.41) is 11.6. The first-order chi connectivity index (χ1) is 7.25. The van der Waals surface area contributed by atoms with Crippen LogP contribution in [0.15, 0.2) is 35.4 Å². The molecule has 0 amide bonds. The van der Waals surface area contributed by atoms with Crippen LogP contribution in [0.2, 0.25) is 0 Å². The van der Waals surface area contributed by atoms with Gasteiger partial charge in [0.1, 0.15) is 0 Å². The van der Waals surface area contributed by atoms with E-state index in [1.807, 2.05) is 19.1 Å². The van der Waals surface area contributed by atoms with E-state index in [0.717, 1.165) is 12.2 Å². The van der Waals surface area contributed by atoms with E-state index in [4.69, 9.17) is 5.11 Å². The van der Waals surface area contributed by atoms with Gasteiger partial charge in [-0.05, 0) is 25.5 Å². The Bertz CT molecular complexity index is 403. The zero-order chi connectivity index (χ0) is 10.7. The molecular weight excluding hydrogens is 206 g/mol. The summed E-state index contributed by atoms with van der Waals surface area (Å²) >= 11 is 1.76. The lowest BCUT2D eigenvalue weighted by molar-refractivity contribution is 0.192. The average molecular weight is 221 g/mol. The number of aliphatic hydroxyl groups excluding tert-OH is 1. The van der Waals surface area contributed by atoms with Gasteiger partial charge in [0.05, 0.1) is 11.1 Å². The van der Waals surface area contributed by atoms with Crippen LogP contribution in [-0.4, -0.2) is 21.9 Å². The molecule has 0 bridgehead atoms. The fourth-order valence-corrected chi connectivity index (χ4v) is 2.54. The highest BCUT2D eigenvalue weighted by Crippen LogP contribution is 2.23. The number of hydrogen-bond donors (Lipinski definition) is 2. The number of H-pyrrole nitrogens is 1. The van der Waals surface area contributed by atoms with Gasteiger partial charge in [0, 0.05) is 16.7 Å². The molecular formula is C12H15NOS. The molecule has 0 aliphatic rings. The molecule has 2 aromatic rings. The summed E-state index contributed by atoms with van der Waals surface area (Å²) < 4.78 is 0. The number of nitrogens with one attached hydrogen (secondary N) is 1. The van der Waals surface area contributed by atoms with Crippen LogP contribution in [-0.2, 0) is 0 Å². The van der Waals surface area contributed by atoms with E-state index in [-0.39, 0.29) is 6.10 Å². The molecule has 1 heterocycles. The Balaban J connectivity index is 2.03. The number of aliphatic hydroxyl groups is 1. The van der Waals surface area contributed by atoms with E-state index in [1.54, 1.807) is 11.8 Å². The molecule has 0 aliphatic heterocycles. The molecule has 1 unspecified atom stereocenters. The highest BCUT2D eigenvalue weighted by atomic mass is 32.2. The molecule has 2 nitrogen and oxygen atoms in total. The number of aromatic nitrogens is 1. The molecule has 0 fully saturated rings. The Kier molecular flexibility index (Phi) is 3.34. The lowest BCUT2D eigenvalue weighted by atomic mass is 10.3. The summed E-state index contributed by atoms with van der Waals surface area (Å²) in [7, 11) is 0. The highest BCUT2D eigenvalue weighted by Gasteiger charge is 2.01.